The van der Waals surface area contributed by atoms with E-state index in [4.69, 9.17) is 10.5 Å². The predicted molar refractivity (Wildman–Crippen MR) is 86.2 cm³/mol. The number of hydrogen-bond donors (Lipinski definition) is 3. The van der Waals surface area contributed by atoms with Gasteiger partial charge in [0.1, 0.15) is 5.52 Å². The summed E-state index contributed by atoms with van der Waals surface area (Å²) in [6, 6.07) is 0. The van der Waals surface area contributed by atoms with Crippen LogP contribution in [0.4, 0.5) is 5.95 Å². The molecular formula is C14H18N5O4P. The molecule has 10 heteroatoms. The van der Waals surface area contributed by atoms with Crippen LogP contribution in [0.3, 0.4) is 0 Å². The number of aromatic nitrogens is 4. The van der Waals surface area contributed by atoms with Gasteiger partial charge in [-0.25, -0.2) is 9.97 Å². The zero-order valence-electron chi connectivity index (χ0n) is 12.9. The highest BCUT2D eigenvalue weighted by molar-refractivity contribution is 7.52. The molecule has 0 spiro atoms. The first-order valence-electron chi connectivity index (χ1n) is 7.69. The van der Waals surface area contributed by atoms with E-state index in [1.54, 1.807) is 10.9 Å². The molecule has 1 aliphatic heterocycles. The normalized spacial score (nSPS) is 24.8. The molecule has 0 unspecified atom stereocenters. The molecule has 2 atom stereocenters. The van der Waals surface area contributed by atoms with Gasteiger partial charge in [-0.1, -0.05) is 6.58 Å². The van der Waals surface area contributed by atoms with Crippen molar-refractivity contribution in [2.24, 2.45) is 0 Å². The molecule has 1 aliphatic carbocycles. The fourth-order valence-electron chi connectivity index (χ4n) is 3.00. The van der Waals surface area contributed by atoms with Crippen LogP contribution in [0.1, 0.15) is 30.9 Å². The average molecular weight is 351 g/mol. The first-order chi connectivity index (χ1) is 11.3. The second kappa shape index (κ2) is 5.35. The minimum atomic E-state index is -4.30. The van der Waals surface area contributed by atoms with E-state index in [2.05, 4.69) is 21.5 Å². The lowest BCUT2D eigenvalue weighted by Crippen LogP contribution is -2.18. The lowest BCUT2D eigenvalue weighted by Gasteiger charge is -2.15. The number of anilines is 1. The summed E-state index contributed by atoms with van der Waals surface area (Å²) in [5.74, 6) is -0.546. The van der Waals surface area contributed by atoms with Crippen LogP contribution in [0.2, 0.25) is 0 Å². The number of nitrogens with zero attached hydrogens (tertiary/aromatic N) is 4. The fourth-order valence-corrected chi connectivity index (χ4v) is 3.78. The first-order valence-corrected chi connectivity index (χ1v) is 9.37. The van der Waals surface area contributed by atoms with Gasteiger partial charge in [0.2, 0.25) is 5.95 Å². The summed E-state index contributed by atoms with van der Waals surface area (Å²) < 4.78 is 18.7. The Morgan fingerprint density at radius 3 is 2.79 bits per heavy atom. The maximum Gasteiger partial charge on any atom is 0.354 e. The van der Waals surface area contributed by atoms with Crippen LogP contribution in [-0.2, 0) is 15.8 Å². The highest BCUT2D eigenvalue weighted by atomic mass is 31.2. The Bertz CT molecular complexity index is 871. The summed E-state index contributed by atoms with van der Waals surface area (Å²) in [5.41, 5.74) is 8.67. The molecule has 2 fully saturated rings. The number of nitrogen functional groups attached to an aromatic ring is 1. The van der Waals surface area contributed by atoms with Gasteiger partial charge in [0, 0.05) is 12.3 Å². The molecule has 4 N–H and O–H groups in total. The molecule has 0 amide bonds. The Morgan fingerprint density at radius 2 is 2.17 bits per heavy atom. The van der Waals surface area contributed by atoms with Crippen LogP contribution >= 0.6 is 7.60 Å². The third-order valence-corrected chi connectivity index (χ3v) is 5.48. The molecule has 0 aromatic carbocycles. The van der Waals surface area contributed by atoms with E-state index in [1.807, 2.05) is 0 Å². The molecule has 2 aromatic rings. The molecule has 3 heterocycles. The molecule has 0 radical (unpaired) electrons. The summed E-state index contributed by atoms with van der Waals surface area (Å²) in [6.07, 6.45) is 3.43. The Morgan fingerprint density at radius 1 is 1.42 bits per heavy atom. The van der Waals surface area contributed by atoms with Crippen LogP contribution in [0.25, 0.3) is 11.2 Å². The molecule has 1 saturated carbocycles. The molecule has 128 valence electrons. The minimum absolute atomic E-state index is 0.145. The van der Waals surface area contributed by atoms with Gasteiger partial charge in [0.15, 0.2) is 11.5 Å². The minimum Gasteiger partial charge on any atom is -0.368 e. The van der Waals surface area contributed by atoms with E-state index >= 15 is 0 Å². The van der Waals surface area contributed by atoms with Gasteiger partial charge >= 0.3 is 7.60 Å². The Kier molecular flexibility index (Phi) is 3.50. The van der Waals surface area contributed by atoms with Crippen molar-refractivity contribution in [1.29, 1.82) is 0 Å². The van der Waals surface area contributed by atoms with Crippen molar-refractivity contribution in [2.75, 3.05) is 5.73 Å². The summed E-state index contributed by atoms with van der Waals surface area (Å²) in [4.78, 5) is 31.5. The van der Waals surface area contributed by atoms with Gasteiger partial charge in [0.05, 0.1) is 24.7 Å². The number of hydrogen-bond acceptors (Lipinski definition) is 6. The van der Waals surface area contributed by atoms with Crippen molar-refractivity contribution in [3.05, 3.63) is 24.2 Å². The van der Waals surface area contributed by atoms with Crippen molar-refractivity contribution in [3.8, 4) is 0 Å². The second-order valence-electron chi connectivity index (χ2n) is 6.34. The fraction of sp³-hybridized carbons (Fsp3) is 0.500. The molecule has 2 aliphatic rings. The molecule has 4 rings (SSSR count). The number of rotatable bonds is 4. The Balaban J connectivity index is 1.64. The second-order valence-corrected chi connectivity index (χ2v) is 8.10. The van der Waals surface area contributed by atoms with Gasteiger partial charge in [-0.05, 0) is 18.4 Å². The molecule has 0 bridgehead atoms. The van der Waals surface area contributed by atoms with Crippen molar-refractivity contribution in [1.82, 2.24) is 19.5 Å². The average Bonchev–Trinajstić information content (AvgIpc) is 3.17. The van der Waals surface area contributed by atoms with Gasteiger partial charge < -0.3 is 24.8 Å². The Hall–Kier alpha value is -1.80. The smallest absolute Gasteiger partial charge is 0.354 e. The summed E-state index contributed by atoms with van der Waals surface area (Å²) >= 11 is 0. The topological polar surface area (TPSA) is 136 Å². The molecule has 2 aromatic heterocycles. The number of imidazole rings is 1. The van der Waals surface area contributed by atoms with Crippen molar-refractivity contribution in [2.45, 2.75) is 43.7 Å². The monoisotopic (exact) mass is 351 g/mol. The van der Waals surface area contributed by atoms with Gasteiger partial charge in [-0.15, -0.1) is 0 Å². The molecular weight excluding hydrogens is 333 g/mol. The highest BCUT2D eigenvalue weighted by Gasteiger charge is 2.40. The van der Waals surface area contributed by atoms with Crippen LogP contribution < -0.4 is 5.73 Å². The maximum atomic E-state index is 11.4. The summed E-state index contributed by atoms with van der Waals surface area (Å²) in [5, 5.41) is 0. The lowest BCUT2D eigenvalue weighted by atomic mass is 10.1. The van der Waals surface area contributed by atoms with Gasteiger partial charge in [-0.3, -0.25) is 4.57 Å². The van der Waals surface area contributed by atoms with Crippen molar-refractivity contribution >= 4 is 24.7 Å². The lowest BCUT2D eigenvalue weighted by molar-refractivity contribution is 0.0717. The van der Waals surface area contributed by atoms with Gasteiger partial charge in [-0.2, -0.15) is 4.98 Å². The van der Waals surface area contributed by atoms with E-state index < -0.39 is 19.5 Å². The molecule has 24 heavy (non-hydrogen) atoms. The van der Waals surface area contributed by atoms with Crippen LogP contribution in [0.5, 0.6) is 0 Å². The molecule has 1 saturated heterocycles. The van der Waals surface area contributed by atoms with Crippen molar-refractivity contribution < 1.29 is 19.1 Å². The quantitative estimate of drug-likeness (QED) is 0.551. The maximum absolute atomic E-state index is 11.4. The zero-order valence-corrected chi connectivity index (χ0v) is 13.8. The highest BCUT2D eigenvalue weighted by Crippen LogP contribution is 2.49. The van der Waals surface area contributed by atoms with Crippen LogP contribution in [0, 0.1) is 0 Å². The van der Waals surface area contributed by atoms with Gasteiger partial charge in [0.25, 0.3) is 0 Å². The summed E-state index contributed by atoms with van der Waals surface area (Å²) in [7, 11) is -4.30. The number of ether oxygens (including phenoxy) is 1. The summed E-state index contributed by atoms with van der Waals surface area (Å²) in [6.45, 7) is 4.20. The standard InChI is InChI=1S/C14H18N5O4P/c1-7-4-10(24(20,21)22)23-9(7)5-19-6-16-12-11(8-2-3-8)17-14(15)18-13(12)19/h6,8-10H,1-5H2,(H2,15,17,18)(H2,20,21,22)/t9-,10+/m1/s1. The Labute approximate surface area is 137 Å². The SMILES string of the molecule is C=C1C[C@H](P(=O)(O)O)O[C@@H]1Cn1cnc2c(C3CC3)nc(N)nc21. The van der Waals surface area contributed by atoms with E-state index in [1.165, 1.54) is 0 Å². The number of fused-ring (bicyclic) bond motifs is 1. The van der Waals surface area contributed by atoms with Crippen LogP contribution in [0.15, 0.2) is 18.5 Å². The van der Waals surface area contributed by atoms with E-state index in [9.17, 15) is 14.4 Å². The third kappa shape index (κ3) is 2.73. The zero-order chi connectivity index (χ0) is 17.1. The van der Waals surface area contributed by atoms with E-state index in [-0.39, 0.29) is 12.4 Å². The van der Waals surface area contributed by atoms with E-state index in [0.717, 1.165) is 24.1 Å². The predicted octanol–water partition coefficient (Wildman–Crippen LogP) is 1.13. The molecule has 9 nitrogen and oxygen atoms in total. The van der Waals surface area contributed by atoms with E-state index in [0.29, 0.717) is 23.7 Å². The third-order valence-electron chi connectivity index (χ3n) is 4.42. The number of nitrogens with two attached hydrogens (primary N) is 1. The largest absolute Gasteiger partial charge is 0.368 e. The first kappa shape index (κ1) is 15.7. The van der Waals surface area contributed by atoms with Crippen molar-refractivity contribution in [3.63, 3.8) is 0 Å². The van der Waals surface area contributed by atoms with Crippen LogP contribution in [-0.4, -0.2) is 41.3 Å².